The van der Waals surface area contributed by atoms with Crippen molar-refractivity contribution in [3.8, 4) is 0 Å². The molecule has 2 N–H and O–H groups in total. The van der Waals surface area contributed by atoms with Crippen LogP contribution < -0.4 is 5.32 Å². The largest absolute Gasteiger partial charge is 0.391 e. The van der Waals surface area contributed by atoms with E-state index in [4.69, 9.17) is 11.6 Å². The number of rotatable bonds is 2. The molecule has 8 heteroatoms. The maximum atomic E-state index is 12.5. The smallest absolute Gasteiger partial charge is 0.318 e. The van der Waals surface area contributed by atoms with Crippen LogP contribution in [-0.4, -0.2) is 54.7 Å². The average Bonchev–Trinajstić information content (AvgIpc) is 3.02. The highest BCUT2D eigenvalue weighted by atomic mass is 35.5. The SMILES string of the molecule is O=C(NC1CCS(=O)(=O)C1)N1CC[C@@H](O)[C@H]1c1ccc(Cl)cc1. The van der Waals surface area contributed by atoms with Crippen molar-refractivity contribution in [3.05, 3.63) is 34.9 Å². The number of nitrogens with zero attached hydrogens (tertiary/aromatic N) is 1. The third-order valence-electron chi connectivity index (χ3n) is 4.40. The summed E-state index contributed by atoms with van der Waals surface area (Å²) >= 11 is 5.88. The van der Waals surface area contributed by atoms with Crippen molar-refractivity contribution in [1.29, 1.82) is 0 Å². The van der Waals surface area contributed by atoms with Crippen molar-refractivity contribution in [3.63, 3.8) is 0 Å². The fourth-order valence-electron chi connectivity index (χ4n) is 3.23. The van der Waals surface area contributed by atoms with E-state index in [0.717, 1.165) is 5.56 Å². The first-order valence-corrected chi connectivity index (χ1v) is 9.77. The summed E-state index contributed by atoms with van der Waals surface area (Å²) in [6.07, 6.45) is 0.286. The Morgan fingerprint density at radius 1 is 1.26 bits per heavy atom. The molecular formula is C15H19ClN2O4S. The van der Waals surface area contributed by atoms with Crippen LogP contribution in [0.15, 0.2) is 24.3 Å². The van der Waals surface area contributed by atoms with Crippen LogP contribution in [0.4, 0.5) is 4.79 Å². The summed E-state index contributed by atoms with van der Waals surface area (Å²) in [4.78, 5) is 14.1. The first kappa shape index (κ1) is 16.5. The lowest BCUT2D eigenvalue weighted by Gasteiger charge is -2.28. The molecule has 2 aliphatic rings. The molecule has 2 amide bonds. The van der Waals surface area contributed by atoms with Crippen LogP contribution in [-0.2, 0) is 9.84 Å². The van der Waals surface area contributed by atoms with Crippen LogP contribution >= 0.6 is 11.6 Å². The highest BCUT2D eigenvalue weighted by Crippen LogP contribution is 2.33. The number of carbonyl (C=O) groups excluding carboxylic acids is 1. The van der Waals surface area contributed by atoms with Crippen LogP contribution in [0.2, 0.25) is 5.02 Å². The Morgan fingerprint density at radius 2 is 1.96 bits per heavy atom. The number of amides is 2. The number of nitrogens with one attached hydrogen (secondary N) is 1. The Kier molecular flexibility index (Phi) is 4.53. The number of aliphatic hydroxyl groups is 1. The summed E-state index contributed by atoms with van der Waals surface area (Å²) in [6.45, 7) is 0.430. The van der Waals surface area contributed by atoms with Crippen LogP contribution in [0.25, 0.3) is 0 Å². The summed E-state index contributed by atoms with van der Waals surface area (Å²) in [5.74, 6) is 0.0991. The number of benzene rings is 1. The molecule has 1 aromatic carbocycles. The molecule has 1 aromatic rings. The second-order valence-electron chi connectivity index (χ2n) is 6.10. The highest BCUT2D eigenvalue weighted by Gasteiger charge is 2.38. The molecule has 0 aromatic heterocycles. The van der Waals surface area contributed by atoms with Gasteiger partial charge in [-0.15, -0.1) is 0 Å². The van der Waals surface area contributed by atoms with E-state index in [2.05, 4.69) is 5.32 Å². The lowest BCUT2D eigenvalue weighted by molar-refractivity contribution is 0.122. The van der Waals surface area contributed by atoms with Gasteiger partial charge in [-0.3, -0.25) is 0 Å². The Hall–Kier alpha value is -1.31. The molecule has 0 saturated carbocycles. The zero-order valence-corrected chi connectivity index (χ0v) is 14.1. The minimum absolute atomic E-state index is 0.0131. The molecular weight excluding hydrogens is 340 g/mol. The quantitative estimate of drug-likeness (QED) is 0.835. The van der Waals surface area contributed by atoms with E-state index in [-0.39, 0.29) is 23.6 Å². The standard InChI is InChI=1S/C15H19ClN2O4S/c16-11-3-1-10(2-4-11)14-13(19)5-7-18(14)15(20)17-12-6-8-23(21,22)9-12/h1-4,12-14,19H,5-9H2,(H,17,20)/t12?,13-,14-/m1/s1. The van der Waals surface area contributed by atoms with Crippen LogP contribution in [0.1, 0.15) is 24.4 Å². The zero-order chi connectivity index (χ0) is 16.6. The van der Waals surface area contributed by atoms with Crippen molar-refractivity contribution in [2.75, 3.05) is 18.1 Å². The van der Waals surface area contributed by atoms with Crippen molar-refractivity contribution >= 4 is 27.5 Å². The molecule has 0 bridgehead atoms. The van der Waals surface area contributed by atoms with Crippen LogP contribution in [0, 0.1) is 0 Å². The van der Waals surface area contributed by atoms with Gasteiger partial charge in [0, 0.05) is 17.6 Å². The summed E-state index contributed by atoms with van der Waals surface area (Å²) in [5, 5.41) is 13.6. The first-order valence-electron chi connectivity index (χ1n) is 7.57. The lowest BCUT2D eigenvalue weighted by atomic mass is 10.0. The maximum absolute atomic E-state index is 12.5. The van der Waals surface area contributed by atoms with Crippen LogP contribution in [0.3, 0.4) is 0 Å². The van der Waals surface area contributed by atoms with Gasteiger partial charge in [0.05, 0.1) is 23.7 Å². The Bertz CT molecular complexity index is 692. The van der Waals surface area contributed by atoms with E-state index in [1.54, 1.807) is 29.2 Å². The van der Waals surface area contributed by atoms with E-state index in [9.17, 15) is 18.3 Å². The molecule has 23 heavy (non-hydrogen) atoms. The summed E-state index contributed by atoms with van der Waals surface area (Å²) < 4.78 is 23.0. The molecule has 0 aliphatic carbocycles. The number of urea groups is 1. The molecule has 2 heterocycles. The second-order valence-corrected chi connectivity index (χ2v) is 8.76. The van der Waals surface area contributed by atoms with Gasteiger partial charge in [0.1, 0.15) is 0 Å². The Morgan fingerprint density at radius 3 is 2.57 bits per heavy atom. The molecule has 2 saturated heterocycles. The van der Waals surface area contributed by atoms with Gasteiger partial charge in [0.2, 0.25) is 0 Å². The fraction of sp³-hybridized carbons (Fsp3) is 0.533. The number of aliphatic hydroxyl groups excluding tert-OH is 1. The van der Waals surface area contributed by atoms with Crippen molar-refractivity contribution < 1.29 is 18.3 Å². The van der Waals surface area contributed by atoms with Crippen LogP contribution in [0.5, 0.6) is 0 Å². The summed E-state index contributed by atoms with van der Waals surface area (Å²) in [5.41, 5.74) is 0.814. The monoisotopic (exact) mass is 358 g/mol. The zero-order valence-electron chi connectivity index (χ0n) is 12.5. The molecule has 2 fully saturated rings. The van der Waals surface area contributed by atoms with E-state index in [1.165, 1.54) is 0 Å². The summed E-state index contributed by atoms with van der Waals surface area (Å²) in [7, 11) is -3.04. The van der Waals surface area contributed by atoms with Gasteiger partial charge >= 0.3 is 6.03 Å². The van der Waals surface area contributed by atoms with E-state index in [0.29, 0.717) is 24.4 Å². The van der Waals surface area contributed by atoms with Gasteiger partial charge in [-0.05, 0) is 30.5 Å². The maximum Gasteiger partial charge on any atom is 0.318 e. The number of sulfone groups is 1. The highest BCUT2D eigenvalue weighted by molar-refractivity contribution is 7.91. The van der Waals surface area contributed by atoms with Crippen molar-refractivity contribution in [2.45, 2.75) is 31.0 Å². The van der Waals surface area contributed by atoms with Gasteiger partial charge < -0.3 is 15.3 Å². The number of carbonyl (C=O) groups is 1. The molecule has 0 spiro atoms. The van der Waals surface area contributed by atoms with Crippen molar-refractivity contribution in [1.82, 2.24) is 10.2 Å². The van der Waals surface area contributed by atoms with Gasteiger partial charge in [-0.2, -0.15) is 0 Å². The molecule has 126 valence electrons. The minimum Gasteiger partial charge on any atom is -0.391 e. The minimum atomic E-state index is -3.04. The second kappa shape index (κ2) is 6.30. The lowest BCUT2D eigenvalue weighted by Crippen LogP contribution is -2.45. The Balaban J connectivity index is 1.72. The van der Waals surface area contributed by atoms with Gasteiger partial charge in [-0.1, -0.05) is 23.7 Å². The third kappa shape index (κ3) is 3.62. The Labute approximate surface area is 140 Å². The number of halogens is 1. The number of hydrogen-bond donors (Lipinski definition) is 2. The van der Waals surface area contributed by atoms with Gasteiger partial charge in [0.25, 0.3) is 0 Å². The number of hydrogen-bond acceptors (Lipinski definition) is 4. The topological polar surface area (TPSA) is 86.7 Å². The van der Waals surface area contributed by atoms with E-state index < -0.39 is 22.0 Å². The van der Waals surface area contributed by atoms with E-state index >= 15 is 0 Å². The number of likely N-dealkylation sites (tertiary alicyclic amines) is 1. The van der Waals surface area contributed by atoms with Crippen molar-refractivity contribution in [2.24, 2.45) is 0 Å². The normalized spacial score (nSPS) is 29.7. The molecule has 3 rings (SSSR count). The average molecular weight is 359 g/mol. The molecule has 3 atom stereocenters. The molecule has 1 unspecified atom stereocenters. The molecule has 0 radical (unpaired) electrons. The molecule has 6 nitrogen and oxygen atoms in total. The third-order valence-corrected chi connectivity index (χ3v) is 6.42. The predicted octanol–water partition coefficient (Wildman–Crippen LogP) is 1.34. The first-order chi connectivity index (χ1) is 10.9. The molecule has 2 aliphatic heterocycles. The van der Waals surface area contributed by atoms with Gasteiger partial charge in [0.15, 0.2) is 9.84 Å². The summed E-state index contributed by atoms with van der Waals surface area (Å²) in [6, 6.07) is 5.91. The van der Waals surface area contributed by atoms with E-state index in [1.807, 2.05) is 0 Å². The predicted molar refractivity (Wildman–Crippen MR) is 87.1 cm³/mol. The fourth-order valence-corrected chi connectivity index (χ4v) is 5.03. The van der Waals surface area contributed by atoms with Gasteiger partial charge in [-0.25, -0.2) is 13.2 Å².